The zero-order valence-corrected chi connectivity index (χ0v) is 14.3. The van der Waals surface area contributed by atoms with Crippen LogP contribution in [-0.4, -0.2) is 35.6 Å². The minimum atomic E-state index is 0.806. The van der Waals surface area contributed by atoms with E-state index >= 15 is 0 Å². The molecule has 3 rings (SSSR count). The molecule has 1 saturated carbocycles. The minimum absolute atomic E-state index is 0.806. The van der Waals surface area contributed by atoms with Crippen molar-refractivity contribution >= 4 is 0 Å². The Hall–Kier alpha value is -0.0800. The van der Waals surface area contributed by atoms with E-state index in [0.29, 0.717) is 0 Å². The Kier molecular flexibility index (Phi) is 5.61. The number of nitrogens with zero attached hydrogens (tertiary/aromatic N) is 1. The first-order valence-electron chi connectivity index (χ1n) is 9.84. The minimum Gasteiger partial charge on any atom is -0.314 e. The van der Waals surface area contributed by atoms with Gasteiger partial charge in [-0.25, -0.2) is 0 Å². The third kappa shape index (κ3) is 3.47. The topological polar surface area (TPSA) is 15.3 Å². The van der Waals surface area contributed by atoms with Gasteiger partial charge in [0.15, 0.2) is 0 Å². The lowest BCUT2D eigenvalue weighted by molar-refractivity contribution is -0.0426. The fourth-order valence-corrected chi connectivity index (χ4v) is 5.53. The predicted octanol–water partition coefficient (Wildman–Crippen LogP) is 4.34. The zero-order valence-electron chi connectivity index (χ0n) is 14.3. The van der Waals surface area contributed by atoms with E-state index in [1.807, 2.05) is 0 Å². The molecule has 1 N–H and O–H groups in total. The van der Waals surface area contributed by atoms with E-state index < -0.39 is 0 Å². The molecule has 2 nitrogen and oxygen atoms in total. The van der Waals surface area contributed by atoms with Gasteiger partial charge in [-0.3, -0.25) is 4.90 Å². The molecular weight excluding hydrogens is 256 g/mol. The molecule has 4 atom stereocenters. The normalized spacial score (nSPS) is 41.1. The van der Waals surface area contributed by atoms with Gasteiger partial charge in [0.25, 0.3) is 0 Å². The van der Waals surface area contributed by atoms with Crippen LogP contribution in [0.4, 0.5) is 0 Å². The van der Waals surface area contributed by atoms with Crippen LogP contribution in [0, 0.1) is 5.92 Å². The van der Waals surface area contributed by atoms with Gasteiger partial charge < -0.3 is 5.32 Å². The monoisotopic (exact) mass is 292 g/mol. The van der Waals surface area contributed by atoms with Gasteiger partial charge in [-0.1, -0.05) is 39.5 Å². The summed E-state index contributed by atoms with van der Waals surface area (Å²) in [6, 6.07) is 3.51. The maximum Gasteiger partial charge on any atom is 0.0129 e. The maximum absolute atomic E-state index is 3.82. The predicted molar refractivity (Wildman–Crippen MR) is 90.6 cm³/mol. The molecule has 0 amide bonds. The molecule has 3 aliphatic rings. The molecule has 2 aliphatic heterocycles. The van der Waals surface area contributed by atoms with Gasteiger partial charge in [0.05, 0.1) is 0 Å². The van der Waals surface area contributed by atoms with E-state index in [1.54, 1.807) is 0 Å². The molecular formula is C19H36N2. The second-order valence-corrected chi connectivity index (χ2v) is 7.83. The summed E-state index contributed by atoms with van der Waals surface area (Å²) in [5.41, 5.74) is 0. The van der Waals surface area contributed by atoms with Gasteiger partial charge in [-0.2, -0.15) is 0 Å². The molecule has 2 heterocycles. The van der Waals surface area contributed by atoms with Gasteiger partial charge in [-0.05, 0) is 57.4 Å². The average molecular weight is 293 g/mol. The van der Waals surface area contributed by atoms with Crippen LogP contribution in [0.5, 0.6) is 0 Å². The van der Waals surface area contributed by atoms with Gasteiger partial charge in [-0.15, -0.1) is 0 Å². The van der Waals surface area contributed by atoms with E-state index in [2.05, 4.69) is 24.1 Å². The van der Waals surface area contributed by atoms with Crippen molar-refractivity contribution in [1.29, 1.82) is 0 Å². The summed E-state index contributed by atoms with van der Waals surface area (Å²) in [6.07, 6.45) is 15.9. The number of hydrogen-bond acceptors (Lipinski definition) is 2. The molecule has 2 saturated heterocycles. The molecule has 0 radical (unpaired) electrons. The smallest absolute Gasteiger partial charge is 0.0129 e. The van der Waals surface area contributed by atoms with Crippen molar-refractivity contribution in [3.63, 3.8) is 0 Å². The van der Waals surface area contributed by atoms with Crippen LogP contribution in [0.15, 0.2) is 0 Å². The number of hydrogen-bond donors (Lipinski definition) is 1. The Morgan fingerprint density at radius 1 is 0.905 bits per heavy atom. The zero-order chi connectivity index (χ0) is 14.7. The lowest BCUT2D eigenvalue weighted by Gasteiger charge is -2.55. The van der Waals surface area contributed by atoms with E-state index in [-0.39, 0.29) is 0 Å². The summed E-state index contributed by atoms with van der Waals surface area (Å²) in [6.45, 7) is 5.93. The molecule has 4 unspecified atom stereocenters. The first kappa shape index (κ1) is 15.8. The summed E-state index contributed by atoms with van der Waals surface area (Å²) >= 11 is 0. The van der Waals surface area contributed by atoms with Gasteiger partial charge in [0.2, 0.25) is 0 Å². The van der Waals surface area contributed by atoms with Crippen LogP contribution < -0.4 is 5.32 Å². The quantitative estimate of drug-likeness (QED) is 0.811. The summed E-state index contributed by atoms with van der Waals surface area (Å²) in [7, 11) is 0. The third-order valence-electron chi connectivity index (χ3n) is 6.49. The first-order valence-corrected chi connectivity index (χ1v) is 9.84. The fourth-order valence-electron chi connectivity index (χ4n) is 5.53. The maximum atomic E-state index is 3.82. The largest absolute Gasteiger partial charge is 0.314 e. The van der Waals surface area contributed by atoms with Crippen LogP contribution in [0.25, 0.3) is 0 Å². The summed E-state index contributed by atoms with van der Waals surface area (Å²) in [5, 5.41) is 3.82. The molecule has 0 aromatic rings. The molecule has 1 aliphatic carbocycles. The van der Waals surface area contributed by atoms with Crippen molar-refractivity contribution in [1.82, 2.24) is 10.2 Å². The van der Waals surface area contributed by atoms with E-state index in [4.69, 9.17) is 0 Å². The van der Waals surface area contributed by atoms with Crippen LogP contribution in [-0.2, 0) is 0 Å². The van der Waals surface area contributed by atoms with E-state index in [0.717, 1.165) is 30.1 Å². The molecule has 2 bridgehead atoms. The molecule has 122 valence electrons. The Labute approximate surface area is 132 Å². The standard InChI is InChI=1S/C19H36N2/c1-3-12-20-16-13-17-9-7-10-18(14-16)21(17)19-11-6-5-8-15(19)4-2/h15-20H,3-14H2,1-2H3. The second-order valence-electron chi connectivity index (χ2n) is 7.83. The van der Waals surface area contributed by atoms with Crippen LogP contribution in [0.3, 0.4) is 0 Å². The third-order valence-corrected chi connectivity index (χ3v) is 6.49. The van der Waals surface area contributed by atoms with Crippen LogP contribution >= 0.6 is 0 Å². The highest BCUT2D eigenvalue weighted by Crippen LogP contribution is 2.41. The average Bonchev–Trinajstić information content (AvgIpc) is 2.52. The van der Waals surface area contributed by atoms with Gasteiger partial charge >= 0.3 is 0 Å². The molecule has 3 fully saturated rings. The Morgan fingerprint density at radius 3 is 2.29 bits per heavy atom. The molecule has 2 heteroatoms. The number of fused-ring (bicyclic) bond motifs is 2. The number of piperidine rings is 2. The van der Waals surface area contributed by atoms with Crippen molar-refractivity contribution in [3.8, 4) is 0 Å². The van der Waals surface area contributed by atoms with Crippen molar-refractivity contribution < 1.29 is 0 Å². The number of nitrogens with one attached hydrogen (secondary N) is 1. The molecule has 21 heavy (non-hydrogen) atoms. The SMILES string of the molecule is CCCNC1CC2CCCC(C1)N2C1CCCCC1CC. The molecule has 0 aromatic heterocycles. The van der Waals surface area contributed by atoms with Crippen molar-refractivity contribution in [2.24, 2.45) is 5.92 Å². The van der Waals surface area contributed by atoms with Gasteiger partial charge in [0.1, 0.15) is 0 Å². The van der Waals surface area contributed by atoms with Crippen LogP contribution in [0.2, 0.25) is 0 Å². The fraction of sp³-hybridized carbons (Fsp3) is 1.00. The lowest BCUT2D eigenvalue weighted by atomic mass is 9.75. The molecule has 0 spiro atoms. The Morgan fingerprint density at radius 2 is 1.62 bits per heavy atom. The number of rotatable bonds is 5. The first-order chi connectivity index (χ1) is 10.3. The van der Waals surface area contributed by atoms with Crippen molar-refractivity contribution in [2.75, 3.05) is 6.54 Å². The Balaban J connectivity index is 1.68. The van der Waals surface area contributed by atoms with Crippen LogP contribution in [0.1, 0.15) is 84.5 Å². The van der Waals surface area contributed by atoms with E-state index in [9.17, 15) is 0 Å². The molecule has 0 aromatic carbocycles. The summed E-state index contributed by atoms with van der Waals surface area (Å²) < 4.78 is 0. The van der Waals surface area contributed by atoms with E-state index in [1.165, 1.54) is 77.2 Å². The summed E-state index contributed by atoms with van der Waals surface area (Å²) in [5.74, 6) is 0.988. The highest BCUT2D eigenvalue weighted by Gasteiger charge is 2.43. The summed E-state index contributed by atoms with van der Waals surface area (Å²) in [4.78, 5) is 3.04. The highest BCUT2D eigenvalue weighted by molar-refractivity contribution is 4.99. The van der Waals surface area contributed by atoms with Crippen molar-refractivity contribution in [3.05, 3.63) is 0 Å². The van der Waals surface area contributed by atoms with Gasteiger partial charge in [0, 0.05) is 24.2 Å². The second kappa shape index (κ2) is 7.46. The lowest BCUT2D eigenvalue weighted by Crippen LogP contribution is -2.61. The Bertz CT molecular complexity index is 303. The van der Waals surface area contributed by atoms with Crippen molar-refractivity contribution in [2.45, 2.75) is 109 Å². The highest BCUT2D eigenvalue weighted by atomic mass is 15.2.